The molecule has 0 bridgehead atoms. The van der Waals surface area contributed by atoms with Crippen LogP contribution in [0.2, 0.25) is 0 Å². The molecule has 0 atom stereocenters. The predicted molar refractivity (Wildman–Crippen MR) is 105 cm³/mol. The molecule has 3 rings (SSSR count). The highest BCUT2D eigenvalue weighted by molar-refractivity contribution is 7.98. The number of hydrogen-bond donors (Lipinski definition) is 3. The number of aromatic nitrogens is 2. The van der Waals surface area contributed by atoms with E-state index in [-0.39, 0.29) is 5.54 Å². The molecule has 1 saturated heterocycles. The molecule has 0 radical (unpaired) electrons. The average Bonchev–Trinajstić information content (AvgIpc) is 3.21. The molecule has 150 valence electrons. The Hall–Kier alpha value is -1.58. The standard InChI is InChI=1S/C18H29N5O3S/c1-18(2,3)23-15(13-11-27-12-14(13)21-23)20-17(25)16(24)19-5-4-6-22-7-9-26-10-8-22/h4-12H2,1-3H3,(H,19,24)(H,20,25)/p+1. The van der Waals surface area contributed by atoms with Gasteiger partial charge in [-0.1, -0.05) is 0 Å². The molecule has 3 N–H and O–H groups in total. The van der Waals surface area contributed by atoms with Crippen molar-refractivity contribution in [3.8, 4) is 0 Å². The molecule has 0 aromatic carbocycles. The molecule has 0 saturated carbocycles. The Morgan fingerprint density at radius 2 is 1.96 bits per heavy atom. The molecular formula is C18H30N5O3S+. The average molecular weight is 397 g/mol. The zero-order chi connectivity index (χ0) is 19.4. The van der Waals surface area contributed by atoms with Crippen LogP contribution in [0.15, 0.2) is 0 Å². The lowest BCUT2D eigenvalue weighted by Gasteiger charge is -2.23. The van der Waals surface area contributed by atoms with Gasteiger partial charge in [0.15, 0.2) is 0 Å². The largest absolute Gasteiger partial charge is 0.370 e. The highest BCUT2D eigenvalue weighted by Crippen LogP contribution is 2.37. The highest BCUT2D eigenvalue weighted by Gasteiger charge is 2.29. The second kappa shape index (κ2) is 8.62. The minimum Gasteiger partial charge on any atom is -0.370 e. The van der Waals surface area contributed by atoms with Crippen LogP contribution in [0.3, 0.4) is 0 Å². The van der Waals surface area contributed by atoms with Gasteiger partial charge in [0.2, 0.25) is 0 Å². The second-order valence-electron chi connectivity index (χ2n) is 8.03. The zero-order valence-corrected chi connectivity index (χ0v) is 17.2. The first-order chi connectivity index (χ1) is 12.9. The maximum absolute atomic E-state index is 12.4. The number of anilines is 1. The molecule has 2 aliphatic heterocycles. The fourth-order valence-electron chi connectivity index (χ4n) is 3.32. The molecule has 27 heavy (non-hydrogen) atoms. The van der Waals surface area contributed by atoms with E-state index in [2.05, 4.69) is 15.7 Å². The van der Waals surface area contributed by atoms with E-state index in [1.54, 1.807) is 11.8 Å². The normalized spacial score (nSPS) is 17.6. The number of ether oxygens (including phenoxy) is 1. The summed E-state index contributed by atoms with van der Waals surface area (Å²) in [4.78, 5) is 26.1. The van der Waals surface area contributed by atoms with Gasteiger partial charge in [0.25, 0.3) is 0 Å². The summed E-state index contributed by atoms with van der Waals surface area (Å²) in [6, 6.07) is 0. The number of amides is 2. The maximum atomic E-state index is 12.4. The van der Waals surface area contributed by atoms with Crippen molar-refractivity contribution in [3.63, 3.8) is 0 Å². The molecule has 1 fully saturated rings. The van der Waals surface area contributed by atoms with Crippen molar-refractivity contribution in [1.29, 1.82) is 0 Å². The quantitative estimate of drug-likeness (QED) is 0.472. The zero-order valence-electron chi connectivity index (χ0n) is 16.4. The number of hydrogen-bond acceptors (Lipinski definition) is 5. The fourth-order valence-corrected chi connectivity index (χ4v) is 4.36. The van der Waals surface area contributed by atoms with Crippen LogP contribution in [0.4, 0.5) is 5.82 Å². The molecule has 0 unspecified atom stereocenters. The van der Waals surface area contributed by atoms with Gasteiger partial charge in [-0.05, 0) is 20.8 Å². The molecule has 9 heteroatoms. The van der Waals surface area contributed by atoms with Gasteiger partial charge < -0.3 is 20.3 Å². The Morgan fingerprint density at radius 1 is 1.22 bits per heavy atom. The maximum Gasteiger partial charge on any atom is 0.314 e. The lowest BCUT2D eigenvalue weighted by atomic mass is 10.1. The van der Waals surface area contributed by atoms with E-state index in [1.807, 2.05) is 25.5 Å². The molecule has 0 spiro atoms. The first kappa shape index (κ1) is 20.2. The van der Waals surface area contributed by atoms with Crippen LogP contribution in [-0.4, -0.2) is 61.0 Å². The Balaban J connectivity index is 1.52. The smallest absolute Gasteiger partial charge is 0.314 e. The third kappa shape index (κ3) is 5.03. The summed E-state index contributed by atoms with van der Waals surface area (Å²) in [5.74, 6) is 1.09. The third-order valence-electron chi connectivity index (χ3n) is 4.82. The Morgan fingerprint density at radius 3 is 2.67 bits per heavy atom. The van der Waals surface area contributed by atoms with Gasteiger partial charge in [-0.15, -0.1) is 0 Å². The number of nitrogens with one attached hydrogen (secondary N) is 3. The number of carbonyl (C=O) groups is 2. The van der Waals surface area contributed by atoms with E-state index in [1.165, 1.54) is 4.90 Å². The number of thioether (sulfide) groups is 1. The number of quaternary nitrogens is 1. The molecule has 8 nitrogen and oxygen atoms in total. The first-order valence-electron chi connectivity index (χ1n) is 9.56. The number of fused-ring (bicyclic) bond motifs is 1. The minimum atomic E-state index is -0.626. The lowest BCUT2D eigenvalue weighted by molar-refractivity contribution is -0.908. The van der Waals surface area contributed by atoms with Crippen molar-refractivity contribution in [1.82, 2.24) is 15.1 Å². The monoisotopic (exact) mass is 396 g/mol. The lowest BCUT2D eigenvalue weighted by Crippen LogP contribution is -3.14. The summed E-state index contributed by atoms with van der Waals surface area (Å²) < 4.78 is 7.16. The van der Waals surface area contributed by atoms with Gasteiger partial charge in [-0.25, -0.2) is 4.68 Å². The Kier molecular flexibility index (Phi) is 6.44. The van der Waals surface area contributed by atoms with E-state index in [9.17, 15) is 9.59 Å². The fraction of sp³-hybridized carbons (Fsp3) is 0.722. The van der Waals surface area contributed by atoms with Crippen LogP contribution in [0.1, 0.15) is 38.4 Å². The van der Waals surface area contributed by atoms with E-state index in [0.29, 0.717) is 12.4 Å². The van der Waals surface area contributed by atoms with Crippen molar-refractivity contribution >= 4 is 29.4 Å². The summed E-state index contributed by atoms with van der Waals surface area (Å²) in [5, 5.41) is 10.2. The predicted octanol–water partition coefficient (Wildman–Crippen LogP) is -0.255. The van der Waals surface area contributed by atoms with Crippen molar-refractivity contribution in [2.75, 3.05) is 44.7 Å². The molecule has 1 aromatic heterocycles. The molecule has 2 aliphatic rings. The molecule has 3 heterocycles. The molecule has 1 aromatic rings. The summed E-state index contributed by atoms with van der Waals surface area (Å²) in [7, 11) is 0. The molecule has 2 amide bonds. The molecular weight excluding hydrogens is 366 g/mol. The second-order valence-corrected chi connectivity index (χ2v) is 9.01. The number of rotatable bonds is 5. The van der Waals surface area contributed by atoms with E-state index in [4.69, 9.17) is 4.74 Å². The van der Waals surface area contributed by atoms with Crippen LogP contribution < -0.4 is 15.5 Å². The highest BCUT2D eigenvalue weighted by atomic mass is 32.2. The van der Waals surface area contributed by atoms with Crippen molar-refractivity contribution in [3.05, 3.63) is 11.3 Å². The van der Waals surface area contributed by atoms with E-state index < -0.39 is 11.8 Å². The number of morpholine rings is 1. The topological polar surface area (TPSA) is 89.7 Å². The van der Waals surface area contributed by atoms with Gasteiger partial charge in [0, 0.05) is 30.0 Å². The van der Waals surface area contributed by atoms with Crippen molar-refractivity contribution in [2.24, 2.45) is 0 Å². The third-order valence-corrected chi connectivity index (χ3v) is 5.79. The molecule has 0 aliphatic carbocycles. The van der Waals surface area contributed by atoms with Gasteiger partial charge >= 0.3 is 11.8 Å². The number of carbonyl (C=O) groups excluding carboxylic acids is 2. The summed E-state index contributed by atoms with van der Waals surface area (Å²) >= 11 is 1.77. The summed E-state index contributed by atoms with van der Waals surface area (Å²) in [6.07, 6.45) is 0.848. The van der Waals surface area contributed by atoms with Crippen molar-refractivity contribution < 1.29 is 19.2 Å². The Bertz CT molecular complexity index is 692. The van der Waals surface area contributed by atoms with Gasteiger partial charge in [-0.3, -0.25) is 9.59 Å². The van der Waals surface area contributed by atoms with Gasteiger partial charge in [0.05, 0.1) is 31.0 Å². The Labute approximate surface area is 164 Å². The SMILES string of the molecule is CC(C)(C)n1nc2c(c1NC(=O)C(=O)NCCC[NH+]1CCOCC1)CSC2. The van der Waals surface area contributed by atoms with E-state index >= 15 is 0 Å². The first-order valence-corrected chi connectivity index (χ1v) is 10.7. The summed E-state index contributed by atoms with van der Waals surface area (Å²) in [6.45, 7) is 11.2. The van der Waals surface area contributed by atoms with Gasteiger partial charge in [0.1, 0.15) is 18.9 Å². The van der Waals surface area contributed by atoms with Gasteiger partial charge in [-0.2, -0.15) is 16.9 Å². The van der Waals surface area contributed by atoms with Crippen LogP contribution in [0.5, 0.6) is 0 Å². The van der Waals surface area contributed by atoms with E-state index in [0.717, 1.165) is 62.0 Å². The summed E-state index contributed by atoms with van der Waals surface area (Å²) in [5.41, 5.74) is 1.76. The van der Waals surface area contributed by atoms with Crippen LogP contribution in [0.25, 0.3) is 0 Å². The van der Waals surface area contributed by atoms with Crippen LogP contribution >= 0.6 is 11.8 Å². The number of nitrogens with zero attached hydrogens (tertiary/aromatic N) is 2. The van der Waals surface area contributed by atoms with Crippen LogP contribution in [-0.2, 0) is 31.4 Å². The van der Waals surface area contributed by atoms with Crippen molar-refractivity contribution in [2.45, 2.75) is 44.2 Å². The van der Waals surface area contributed by atoms with Crippen LogP contribution in [0, 0.1) is 0 Å². The minimum absolute atomic E-state index is 0.269.